The van der Waals surface area contributed by atoms with Crippen LogP contribution in [0.1, 0.15) is 0 Å². The first-order chi connectivity index (χ1) is 9.25. The summed E-state index contributed by atoms with van der Waals surface area (Å²) >= 11 is 0. The lowest BCUT2D eigenvalue weighted by molar-refractivity contribution is 0.252. The van der Waals surface area contributed by atoms with E-state index in [4.69, 9.17) is 4.42 Å². The molecule has 0 atom stereocenters. The smallest absolute Gasteiger partial charge is 0.360 e. The van der Waals surface area contributed by atoms with Crippen molar-refractivity contribution in [2.75, 3.05) is 18.0 Å². The van der Waals surface area contributed by atoms with Crippen LogP contribution >= 0.6 is 0 Å². The molecule has 0 spiro atoms. The number of pyridine rings is 1. The summed E-state index contributed by atoms with van der Waals surface area (Å²) in [7, 11) is 0. The Morgan fingerprint density at radius 3 is 2.79 bits per heavy atom. The predicted molar refractivity (Wildman–Crippen MR) is 69.0 cm³/mol. The Morgan fingerprint density at radius 2 is 2.16 bits per heavy atom. The number of carbonyl (C=O) groups is 1. The minimum atomic E-state index is -0.529. The number of hydrogen-bond donors (Lipinski definition) is 1. The van der Waals surface area contributed by atoms with Gasteiger partial charge in [0.25, 0.3) is 0 Å². The quantitative estimate of drug-likeness (QED) is 0.878. The Bertz CT molecular complexity index is 666. The topological polar surface area (TPSA) is 75.4 Å². The molecule has 2 amide bonds. The molecule has 1 fully saturated rings. The highest BCUT2D eigenvalue weighted by Gasteiger charge is 2.24. The van der Waals surface area contributed by atoms with Crippen LogP contribution in [0, 0.1) is 0 Å². The van der Waals surface area contributed by atoms with Gasteiger partial charge in [-0.05, 0) is 24.3 Å². The molecule has 19 heavy (non-hydrogen) atoms. The molecule has 6 heteroatoms. The lowest BCUT2D eigenvalue weighted by atomic mass is 10.2. The van der Waals surface area contributed by atoms with Gasteiger partial charge in [-0.25, -0.2) is 9.59 Å². The van der Waals surface area contributed by atoms with Gasteiger partial charge in [0, 0.05) is 31.0 Å². The minimum Gasteiger partial charge on any atom is -0.421 e. The molecule has 0 saturated carbocycles. The Kier molecular flexibility index (Phi) is 2.75. The zero-order chi connectivity index (χ0) is 13.2. The van der Waals surface area contributed by atoms with Gasteiger partial charge >= 0.3 is 11.7 Å². The van der Waals surface area contributed by atoms with E-state index >= 15 is 0 Å². The predicted octanol–water partition coefficient (Wildman–Crippen LogP) is 1.23. The van der Waals surface area contributed by atoms with Gasteiger partial charge in [0.1, 0.15) is 11.4 Å². The molecule has 0 bridgehead atoms. The maximum Gasteiger partial charge on any atom is 0.360 e. The SMILES string of the molecule is O=C1NCCN1c1ccc(-c2cccnc2)oc1=O. The van der Waals surface area contributed by atoms with E-state index in [0.29, 0.717) is 18.8 Å². The van der Waals surface area contributed by atoms with Crippen LogP contribution in [-0.4, -0.2) is 24.1 Å². The number of rotatable bonds is 2. The third-order valence-corrected chi connectivity index (χ3v) is 2.90. The first-order valence-electron chi connectivity index (χ1n) is 5.85. The van der Waals surface area contributed by atoms with Crippen LogP contribution in [0.15, 0.2) is 45.9 Å². The van der Waals surface area contributed by atoms with Crippen molar-refractivity contribution in [3.05, 3.63) is 47.1 Å². The van der Waals surface area contributed by atoms with Crippen LogP contribution in [0.3, 0.4) is 0 Å². The van der Waals surface area contributed by atoms with Crippen molar-refractivity contribution < 1.29 is 9.21 Å². The van der Waals surface area contributed by atoms with Gasteiger partial charge in [0.05, 0.1) is 0 Å². The van der Waals surface area contributed by atoms with Crippen molar-refractivity contribution in [1.82, 2.24) is 10.3 Å². The Hall–Kier alpha value is -2.63. The molecule has 1 saturated heterocycles. The number of aromatic nitrogens is 1. The van der Waals surface area contributed by atoms with Crippen molar-refractivity contribution in [3.63, 3.8) is 0 Å². The zero-order valence-electron chi connectivity index (χ0n) is 10.00. The monoisotopic (exact) mass is 257 g/mol. The average molecular weight is 257 g/mol. The maximum atomic E-state index is 11.9. The van der Waals surface area contributed by atoms with Crippen molar-refractivity contribution >= 4 is 11.7 Å². The van der Waals surface area contributed by atoms with Crippen molar-refractivity contribution in [1.29, 1.82) is 0 Å². The summed E-state index contributed by atoms with van der Waals surface area (Å²) in [4.78, 5) is 28.8. The molecule has 0 radical (unpaired) electrons. The Balaban J connectivity index is 1.99. The van der Waals surface area contributed by atoms with Crippen LogP contribution in [0.4, 0.5) is 10.5 Å². The number of amides is 2. The highest BCUT2D eigenvalue weighted by Crippen LogP contribution is 2.19. The summed E-state index contributed by atoms with van der Waals surface area (Å²) in [5.41, 5.74) is 0.443. The van der Waals surface area contributed by atoms with E-state index < -0.39 is 5.63 Å². The number of anilines is 1. The summed E-state index contributed by atoms with van der Waals surface area (Å²) in [5.74, 6) is 0.432. The van der Waals surface area contributed by atoms with Crippen LogP contribution in [-0.2, 0) is 0 Å². The van der Waals surface area contributed by atoms with Crippen LogP contribution in [0.2, 0.25) is 0 Å². The highest BCUT2D eigenvalue weighted by molar-refractivity contribution is 5.93. The van der Waals surface area contributed by atoms with Gasteiger partial charge in [-0.2, -0.15) is 0 Å². The molecule has 6 nitrogen and oxygen atoms in total. The molecular formula is C13H11N3O3. The summed E-state index contributed by atoms with van der Waals surface area (Å²) in [6.45, 7) is 0.998. The van der Waals surface area contributed by atoms with E-state index in [-0.39, 0.29) is 11.7 Å². The molecule has 96 valence electrons. The standard InChI is InChI=1S/C13H11N3O3/c17-12-10(16-7-6-15-13(16)18)3-4-11(19-12)9-2-1-5-14-8-9/h1-5,8H,6-7H2,(H,15,18). The fraction of sp³-hybridized carbons (Fsp3) is 0.154. The normalized spacial score (nSPS) is 14.5. The number of carbonyl (C=O) groups excluding carboxylic acids is 1. The number of nitrogens with one attached hydrogen (secondary N) is 1. The second kappa shape index (κ2) is 4.56. The average Bonchev–Trinajstić information content (AvgIpc) is 2.86. The van der Waals surface area contributed by atoms with Gasteiger partial charge < -0.3 is 9.73 Å². The fourth-order valence-corrected chi connectivity index (χ4v) is 1.97. The highest BCUT2D eigenvalue weighted by atomic mass is 16.4. The molecule has 1 aliphatic rings. The summed E-state index contributed by atoms with van der Waals surface area (Å²) in [5, 5.41) is 2.64. The number of nitrogens with zero attached hydrogens (tertiary/aromatic N) is 2. The summed E-state index contributed by atoms with van der Waals surface area (Å²) in [6, 6.07) is 6.55. The molecule has 2 aromatic rings. The molecule has 3 rings (SSSR count). The second-order valence-electron chi connectivity index (χ2n) is 4.10. The van der Waals surface area contributed by atoms with Gasteiger partial charge in [-0.1, -0.05) is 0 Å². The lowest BCUT2D eigenvalue weighted by Gasteiger charge is -2.12. The van der Waals surface area contributed by atoms with Gasteiger partial charge in [0.2, 0.25) is 0 Å². The molecule has 0 aromatic carbocycles. The molecule has 1 aliphatic heterocycles. The van der Waals surface area contributed by atoms with Crippen molar-refractivity contribution in [2.45, 2.75) is 0 Å². The maximum absolute atomic E-state index is 11.9. The molecule has 0 unspecified atom stereocenters. The Morgan fingerprint density at radius 1 is 1.26 bits per heavy atom. The lowest BCUT2D eigenvalue weighted by Crippen LogP contribution is -2.31. The van der Waals surface area contributed by atoms with Gasteiger partial charge in [-0.3, -0.25) is 9.88 Å². The number of hydrogen-bond acceptors (Lipinski definition) is 4. The molecular weight excluding hydrogens is 246 g/mol. The van der Waals surface area contributed by atoms with Crippen molar-refractivity contribution in [3.8, 4) is 11.3 Å². The van der Waals surface area contributed by atoms with E-state index in [1.807, 2.05) is 0 Å². The van der Waals surface area contributed by atoms with E-state index in [9.17, 15) is 9.59 Å². The van der Waals surface area contributed by atoms with Gasteiger partial charge in [0.15, 0.2) is 0 Å². The minimum absolute atomic E-state index is 0.252. The van der Waals surface area contributed by atoms with Crippen molar-refractivity contribution in [2.24, 2.45) is 0 Å². The van der Waals surface area contributed by atoms with E-state index in [1.54, 1.807) is 36.7 Å². The third kappa shape index (κ3) is 2.08. The molecule has 2 aromatic heterocycles. The third-order valence-electron chi connectivity index (χ3n) is 2.90. The zero-order valence-corrected chi connectivity index (χ0v) is 10.00. The van der Waals surface area contributed by atoms with E-state index in [2.05, 4.69) is 10.3 Å². The molecule has 0 aliphatic carbocycles. The van der Waals surface area contributed by atoms with Crippen LogP contribution < -0.4 is 15.8 Å². The van der Waals surface area contributed by atoms with Crippen LogP contribution in [0.25, 0.3) is 11.3 Å². The summed E-state index contributed by atoms with van der Waals surface area (Å²) in [6.07, 6.45) is 3.26. The summed E-state index contributed by atoms with van der Waals surface area (Å²) < 4.78 is 5.24. The largest absolute Gasteiger partial charge is 0.421 e. The molecule has 3 heterocycles. The Labute approximate surface area is 108 Å². The second-order valence-corrected chi connectivity index (χ2v) is 4.10. The molecule has 1 N–H and O–H groups in total. The van der Waals surface area contributed by atoms with E-state index in [1.165, 1.54) is 4.90 Å². The number of urea groups is 1. The fourth-order valence-electron chi connectivity index (χ4n) is 1.97. The first kappa shape index (κ1) is 11.5. The first-order valence-corrected chi connectivity index (χ1v) is 5.85. The van der Waals surface area contributed by atoms with E-state index in [0.717, 1.165) is 5.56 Å². The van der Waals surface area contributed by atoms with Crippen LogP contribution in [0.5, 0.6) is 0 Å². The van der Waals surface area contributed by atoms with Gasteiger partial charge in [-0.15, -0.1) is 0 Å².